The summed E-state index contributed by atoms with van der Waals surface area (Å²) >= 11 is 0. The largest absolute Gasteiger partial charge is 0.487 e. The molecule has 1 aliphatic heterocycles. The van der Waals surface area contributed by atoms with E-state index in [2.05, 4.69) is 64.3 Å². The first kappa shape index (κ1) is 13.2. The van der Waals surface area contributed by atoms with Crippen LogP contribution in [0.4, 0.5) is 0 Å². The minimum atomic E-state index is -0.227. The predicted molar refractivity (Wildman–Crippen MR) is 83.4 cm³/mol. The molecule has 0 bridgehead atoms. The Morgan fingerprint density at radius 3 is 2.55 bits per heavy atom. The van der Waals surface area contributed by atoms with Crippen molar-refractivity contribution in [3.63, 3.8) is 0 Å². The number of hydrogen-bond donors (Lipinski definition) is 0. The Morgan fingerprint density at radius 1 is 1.30 bits per heavy atom. The third-order valence-electron chi connectivity index (χ3n) is 4.97. The van der Waals surface area contributed by atoms with Gasteiger partial charge in [0, 0.05) is 18.3 Å². The van der Waals surface area contributed by atoms with Crippen LogP contribution in [0.2, 0.25) is 0 Å². The third-order valence-corrected chi connectivity index (χ3v) is 4.97. The lowest BCUT2D eigenvalue weighted by molar-refractivity contribution is 0.0922. The van der Waals surface area contributed by atoms with E-state index >= 15 is 0 Å². The van der Waals surface area contributed by atoms with Crippen LogP contribution >= 0.6 is 0 Å². The number of ether oxygens (including phenoxy) is 1. The molecule has 1 aromatic rings. The van der Waals surface area contributed by atoms with Crippen molar-refractivity contribution in [2.24, 2.45) is 5.92 Å². The lowest BCUT2D eigenvalue weighted by Gasteiger charge is -2.26. The molecule has 1 fully saturated rings. The molecule has 0 N–H and O–H groups in total. The summed E-state index contributed by atoms with van der Waals surface area (Å²) in [6.45, 7) is 14.8. The number of hydrogen-bond acceptors (Lipinski definition) is 1. The first-order chi connectivity index (χ1) is 9.44. The van der Waals surface area contributed by atoms with Gasteiger partial charge in [-0.05, 0) is 43.1 Å². The quantitative estimate of drug-likeness (QED) is 0.685. The van der Waals surface area contributed by atoms with Gasteiger partial charge in [-0.1, -0.05) is 43.5 Å². The van der Waals surface area contributed by atoms with E-state index in [4.69, 9.17) is 4.74 Å². The summed E-state index contributed by atoms with van der Waals surface area (Å²) in [5, 5.41) is 0. The predicted octanol–water partition coefficient (Wildman–Crippen LogP) is 4.99. The van der Waals surface area contributed by atoms with Gasteiger partial charge in [-0.15, -0.1) is 0 Å². The zero-order valence-electron chi connectivity index (χ0n) is 12.6. The molecule has 1 heterocycles. The zero-order chi connectivity index (χ0) is 14.5. The van der Waals surface area contributed by atoms with Gasteiger partial charge in [0.1, 0.15) is 11.4 Å². The Morgan fingerprint density at radius 2 is 1.95 bits per heavy atom. The van der Waals surface area contributed by atoms with Gasteiger partial charge in [-0.25, -0.2) is 0 Å². The van der Waals surface area contributed by atoms with Crippen molar-refractivity contribution in [3.8, 4) is 0 Å². The summed E-state index contributed by atoms with van der Waals surface area (Å²) < 4.78 is 6.29. The summed E-state index contributed by atoms with van der Waals surface area (Å²) in [6.07, 6.45) is 0.994. The molecule has 0 aromatic heterocycles. The highest BCUT2D eigenvalue weighted by Gasteiger charge is 2.50. The second kappa shape index (κ2) is 4.37. The van der Waals surface area contributed by atoms with Crippen LogP contribution in [0.25, 0.3) is 0 Å². The Labute approximate surface area is 121 Å². The number of allylic oxidation sites excluding steroid dienone is 3. The lowest BCUT2D eigenvalue weighted by Crippen LogP contribution is -2.25. The van der Waals surface area contributed by atoms with Gasteiger partial charge in [0.05, 0.1) is 0 Å². The van der Waals surface area contributed by atoms with Crippen molar-refractivity contribution in [1.29, 1.82) is 0 Å². The highest BCUT2D eigenvalue weighted by molar-refractivity contribution is 5.50. The normalized spacial score (nSPS) is 32.2. The average molecular weight is 266 g/mol. The minimum Gasteiger partial charge on any atom is -0.487 e. The van der Waals surface area contributed by atoms with Crippen LogP contribution in [0.1, 0.15) is 38.7 Å². The maximum absolute atomic E-state index is 6.29. The molecule has 3 rings (SSSR count). The van der Waals surface area contributed by atoms with Crippen LogP contribution in [-0.2, 0) is 4.74 Å². The molecule has 2 aliphatic rings. The second-order valence-electron chi connectivity index (χ2n) is 6.33. The van der Waals surface area contributed by atoms with Crippen molar-refractivity contribution in [1.82, 2.24) is 0 Å². The van der Waals surface area contributed by atoms with Gasteiger partial charge in [-0.3, -0.25) is 0 Å². The lowest BCUT2D eigenvalue weighted by atomic mass is 9.79. The van der Waals surface area contributed by atoms with E-state index in [-0.39, 0.29) is 5.60 Å². The van der Waals surface area contributed by atoms with E-state index < -0.39 is 0 Å². The van der Waals surface area contributed by atoms with E-state index in [0.717, 1.165) is 17.8 Å². The van der Waals surface area contributed by atoms with Crippen LogP contribution in [0, 0.1) is 5.92 Å². The van der Waals surface area contributed by atoms with Crippen LogP contribution in [-0.4, -0.2) is 5.60 Å². The standard InChI is InChI=1S/C19H22O/c1-12(2)19(5)11-16-17(15-9-7-6-8-10-15)13(3)14(4)18(16)20-19/h6-10,16-17H,1,3,11H2,2,4-5H3/t16-,17-,19+/m0/s1. The van der Waals surface area contributed by atoms with Gasteiger partial charge in [0.25, 0.3) is 0 Å². The van der Waals surface area contributed by atoms with Crippen molar-refractivity contribution >= 4 is 0 Å². The molecule has 104 valence electrons. The SMILES string of the molecule is C=C1C(C)=C2O[C@@](C)(C(=C)C)C[C@H]2[C@@H]1c1ccccc1. The fourth-order valence-corrected chi connectivity index (χ4v) is 3.49. The Hall–Kier alpha value is -1.76. The highest BCUT2D eigenvalue weighted by Crippen LogP contribution is 2.56. The van der Waals surface area contributed by atoms with E-state index in [0.29, 0.717) is 11.8 Å². The topological polar surface area (TPSA) is 9.23 Å². The van der Waals surface area contributed by atoms with Crippen LogP contribution in [0.15, 0.2) is 66.0 Å². The molecule has 0 unspecified atom stereocenters. The highest BCUT2D eigenvalue weighted by atomic mass is 16.5. The molecule has 1 aliphatic carbocycles. The summed E-state index contributed by atoms with van der Waals surface area (Å²) in [7, 11) is 0. The molecule has 1 heteroatoms. The molecular weight excluding hydrogens is 244 g/mol. The monoisotopic (exact) mass is 266 g/mol. The first-order valence-electron chi connectivity index (χ1n) is 7.24. The molecule has 3 atom stereocenters. The smallest absolute Gasteiger partial charge is 0.127 e. The van der Waals surface area contributed by atoms with Crippen LogP contribution in [0.5, 0.6) is 0 Å². The Balaban J connectivity index is 2.02. The molecule has 1 nitrogen and oxygen atoms in total. The molecule has 0 saturated carbocycles. The summed E-state index contributed by atoms with van der Waals surface area (Å²) in [5.41, 5.74) is 4.65. The third kappa shape index (κ3) is 1.76. The van der Waals surface area contributed by atoms with Crippen molar-refractivity contribution in [2.75, 3.05) is 0 Å². The maximum Gasteiger partial charge on any atom is 0.127 e. The first-order valence-corrected chi connectivity index (χ1v) is 7.24. The van der Waals surface area contributed by atoms with Crippen molar-refractivity contribution in [2.45, 2.75) is 38.7 Å². The second-order valence-corrected chi connectivity index (χ2v) is 6.33. The summed E-state index contributed by atoms with van der Waals surface area (Å²) in [4.78, 5) is 0. The van der Waals surface area contributed by atoms with Gasteiger partial charge in [-0.2, -0.15) is 0 Å². The van der Waals surface area contributed by atoms with E-state index in [1.54, 1.807) is 0 Å². The Kier molecular flexibility index (Phi) is 2.89. The number of rotatable bonds is 2. The van der Waals surface area contributed by atoms with Crippen LogP contribution in [0.3, 0.4) is 0 Å². The van der Waals surface area contributed by atoms with Gasteiger partial charge in [0.15, 0.2) is 0 Å². The van der Waals surface area contributed by atoms with Crippen LogP contribution < -0.4 is 0 Å². The molecule has 20 heavy (non-hydrogen) atoms. The minimum absolute atomic E-state index is 0.227. The zero-order valence-corrected chi connectivity index (χ0v) is 12.6. The molecule has 0 amide bonds. The van der Waals surface area contributed by atoms with Crippen molar-refractivity contribution < 1.29 is 4.74 Å². The molecule has 0 spiro atoms. The van der Waals surface area contributed by atoms with E-state index in [1.165, 1.54) is 16.7 Å². The average Bonchev–Trinajstić information content (AvgIpc) is 2.88. The van der Waals surface area contributed by atoms with Gasteiger partial charge < -0.3 is 4.74 Å². The summed E-state index contributed by atoms with van der Waals surface area (Å²) in [5.74, 6) is 1.90. The van der Waals surface area contributed by atoms with Gasteiger partial charge in [0.2, 0.25) is 0 Å². The van der Waals surface area contributed by atoms with Crippen molar-refractivity contribution in [3.05, 3.63) is 71.5 Å². The molecule has 1 aromatic carbocycles. The summed E-state index contributed by atoms with van der Waals surface area (Å²) in [6, 6.07) is 10.7. The molecule has 1 saturated heterocycles. The molecular formula is C19H22O. The number of fused-ring (bicyclic) bond motifs is 1. The number of benzene rings is 1. The Bertz CT molecular complexity index is 608. The van der Waals surface area contributed by atoms with Gasteiger partial charge >= 0.3 is 0 Å². The van der Waals surface area contributed by atoms with E-state index in [9.17, 15) is 0 Å². The molecule has 0 radical (unpaired) electrons. The van der Waals surface area contributed by atoms with E-state index in [1.807, 2.05) is 0 Å². The fourth-order valence-electron chi connectivity index (χ4n) is 3.49. The fraction of sp³-hybridized carbons (Fsp3) is 0.368. The maximum atomic E-state index is 6.29.